The molecule has 2 rings (SSSR count). The molecule has 0 amide bonds. The summed E-state index contributed by atoms with van der Waals surface area (Å²) in [5, 5.41) is 0. The van der Waals surface area contributed by atoms with Gasteiger partial charge in [0.25, 0.3) is 0 Å². The number of halogens is 2. The Bertz CT molecular complexity index is 592. The molecule has 1 heterocycles. The van der Waals surface area contributed by atoms with Crippen LogP contribution in [-0.4, -0.2) is 39.5 Å². The van der Waals surface area contributed by atoms with Gasteiger partial charge >= 0.3 is 0 Å². The molecule has 1 aliphatic heterocycles. The van der Waals surface area contributed by atoms with E-state index in [9.17, 15) is 8.42 Å². The maximum Gasteiger partial charge on any atom is 0.241 e. The average molecular weight is 426 g/mol. The number of piperidine rings is 1. The van der Waals surface area contributed by atoms with E-state index in [2.05, 4.69) is 55.5 Å². The molecular formula is C13H18Br2N2O2S. The number of hydrogen-bond donors (Lipinski definition) is 1. The normalized spacial score (nSPS) is 24.8. The van der Waals surface area contributed by atoms with Crippen LogP contribution in [0.3, 0.4) is 0 Å². The molecule has 1 saturated heterocycles. The largest absolute Gasteiger partial charge is 0.306 e. The van der Waals surface area contributed by atoms with Gasteiger partial charge in [0.1, 0.15) is 0 Å². The minimum Gasteiger partial charge on any atom is -0.306 e. The van der Waals surface area contributed by atoms with Gasteiger partial charge in [0.05, 0.1) is 4.90 Å². The highest BCUT2D eigenvalue weighted by atomic mass is 79.9. The van der Waals surface area contributed by atoms with Gasteiger partial charge in [0.2, 0.25) is 10.0 Å². The molecule has 0 aromatic heterocycles. The molecule has 4 nitrogen and oxygen atoms in total. The SMILES string of the molecule is CC1CN(C)CCC1NS(=O)(=O)c1cc(Br)ccc1Br. The fourth-order valence-corrected chi connectivity index (χ4v) is 5.36. The van der Waals surface area contributed by atoms with Gasteiger partial charge in [-0.05, 0) is 60.1 Å². The molecular weight excluding hydrogens is 408 g/mol. The number of benzene rings is 1. The monoisotopic (exact) mass is 424 g/mol. The van der Waals surface area contributed by atoms with Crippen molar-refractivity contribution in [3.05, 3.63) is 27.1 Å². The first-order valence-corrected chi connectivity index (χ1v) is 9.52. The molecule has 1 aliphatic rings. The van der Waals surface area contributed by atoms with E-state index in [-0.39, 0.29) is 10.9 Å². The van der Waals surface area contributed by atoms with E-state index in [0.717, 1.165) is 24.0 Å². The molecule has 112 valence electrons. The van der Waals surface area contributed by atoms with Gasteiger partial charge in [0.15, 0.2) is 0 Å². The van der Waals surface area contributed by atoms with Crippen LogP contribution in [0.1, 0.15) is 13.3 Å². The van der Waals surface area contributed by atoms with Gasteiger partial charge < -0.3 is 4.90 Å². The lowest BCUT2D eigenvalue weighted by molar-refractivity contribution is 0.188. The van der Waals surface area contributed by atoms with Crippen molar-refractivity contribution < 1.29 is 8.42 Å². The second kappa shape index (κ2) is 6.44. The zero-order valence-electron chi connectivity index (χ0n) is 11.4. The van der Waals surface area contributed by atoms with E-state index >= 15 is 0 Å². The minimum absolute atomic E-state index is 0.0120. The summed E-state index contributed by atoms with van der Waals surface area (Å²) in [4.78, 5) is 2.50. The van der Waals surface area contributed by atoms with Crippen molar-refractivity contribution in [2.75, 3.05) is 20.1 Å². The molecule has 1 aromatic carbocycles. The molecule has 1 N–H and O–H groups in total. The van der Waals surface area contributed by atoms with Crippen LogP contribution in [-0.2, 0) is 10.0 Å². The predicted molar refractivity (Wildman–Crippen MR) is 87.2 cm³/mol. The Kier molecular flexibility index (Phi) is 5.29. The molecule has 1 fully saturated rings. The molecule has 0 saturated carbocycles. The van der Waals surface area contributed by atoms with Crippen molar-refractivity contribution in [1.82, 2.24) is 9.62 Å². The molecule has 7 heteroatoms. The van der Waals surface area contributed by atoms with E-state index < -0.39 is 10.0 Å². The summed E-state index contributed by atoms with van der Waals surface area (Å²) in [5.74, 6) is 0.300. The maximum absolute atomic E-state index is 12.5. The number of rotatable bonds is 3. The summed E-state index contributed by atoms with van der Waals surface area (Å²) >= 11 is 6.62. The Morgan fingerprint density at radius 1 is 1.35 bits per heavy atom. The van der Waals surface area contributed by atoms with E-state index in [1.54, 1.807) is 18.2 Å². The van der Waals surface area contributed by atoms with Crippen molar-refractivity contribution in [3.8, 4) is 0 Å². The van der Waals surface area contributed by atoms with Crippen LogP contribution in [0.4, 0.5) is 0 Å². The lowest BCUT2D eigenvalue weighted by Gasteiger charge is -2.35. The van der Waals surface area contributed by atoms with Gasteiger partial charge in [-0.25, -0.2) is 13.1 Å². The van der Waals surface area contributed by atoms with Crippen molar-refractivity contribution in [3.63, 3.8) is 0 Å². The number of likely N-dealkylation sites (tertiary alicyclic amines) is 1. The Morgan fingerprint density at radius 2 is 2.05 bits per heavy atom. The highest BCUT2D eigenvalue weighted by Gasteiger charge is 2.29. The Labute approximate surface area is 137 Å². The molecule has 2 atom stereocenters. The molecule has 0 spiro atoms. The fraction of sp³-hybridized carbons (Fsp3) is 0.538. The highest BCUT2D eigenvalue weighted by Crippen LogP contribution is 2.27. The third kappa shape index (κ3) is 3.82. The molecule has 20 heavy (non-hydrogen) atoms. The van der Waals surface area contributed by atoms with Crippen LogP contribution in [0.5, 0.6) is 0 Å². The summed E-state index contributed by atoms with van der Waals surface area (Å²) in [6, 6.07) is 5.14. The minimum atomic E-state index is -3.51. The van der Waals surface area contributed by atoms with Crippen LogP contribution in [0, 0.1) is 5.92 Å². The quantitative estimate of drug-likeness (QED) is 0.809. The van der Waals surface area contributed by atoms with E-state index in [1.165, 1.54) is 0 Å². The van der Waals surface area contributed by atoms with Gasteiger partial charge in [-0.2, -0.15) is 0 Å². The lowest BCUT2D eigenvalue weighted by atomic mass is 9.95. The molecule has 2 unspecified atom stereocenters. The third-order valence-corrected chi connectivity index (χ3v) is 6.57. The predicted octanol–water partition coefficient (Wildman–Crippen LogP) is 2.83. The first-order valence-electron chi connectivity index (χ1n) is 6.45. The topological polar surface area (TPSA) is 49.4 Å². The summed E-state index contributed by atoms with van der Waals surface area (Å²) in [6.45, 7) is 3.91. The second-order valence-corrected chi connectivity index (χ2v) is 8.78. The highest BCUT2D eigenvalue weighted by molar-refractivity contribution is 9.11. The van der Waals surface area contributed by atoms with Crippen molar-refractivity contribution in [1.29, 1.82) is 0 Å². The van der Waals surface area contributed by atoms with Gasteiger partial charge in [0, 0.05) is 21.5 Å². The Hall–Kier alpha value is 0.0500. The molecule has 0 aliphatic carbocycles. The van der Waals surface area contributed by atoms with Crippen LogP contribution >= 0.6 is 31.9 Å². The first-order chi connectivity index (χ1) is 9.29. The standard InChI is InChI=1S/C13H18Br2N2O2S/c1-9-8-17(2)6-5-12(9)16-20(18,19)13-7-10(14)3-4-11(13)15/h3-4,7,9,12,16H,5-6,8H2,1-2H3. The molecule has 1 aromatic rings. The van der Waals surface area contributed by atoms with Crippen LogP contribution < -0.4 is 4.72 Å². The molecule has 0 radical (unpaired) electrons. The number of nitrogens with zero attached hydrogens (tertiary/aromatic N) is 1. The van der Waals surface area contributed by atoms with E-state index in [1.807, 2.05) is 0 Å². The number of sulfonamides is 1. The van der Waals surface area contributed by atoms with Crippen molar-refractivity contribution in [2.45, 2.75) is 24.3 Å². The summed E-state index contributed by atoms with van der Waals surface area (Å²) < 4.78 is 29.2. The lowest BCUT2D eigenvalue weighted by Crippen LogP contribution is -2.48. The van der Waals surface area contributed by atoms with Crippen molar-refractivity contribution >= 4 is 41.9 Å². The van der Waals surface area contributed by atoms with E-state index in [0.29, 0.717) is 10.4 Å². The summed E-state index contributed by atoms with van der Waals surface area (Å²) in [6.07, 6.45) is 0.836. The summed E-state index contributed by atoms with van der Waals surface area (Å²) in [5.41, 5.74) is 0. The van der Waals surface area contributed by atoms with Gasteiger partial charge in [-0.1, -0.05) is 22.9 Å². The smallest absolute Gasteiger partial charge is 0.241 e. The number of nitrogens with one attached hydrogen (secondary N) is 1. The first kappa shape index (κ1) is 16.4. The van der Waals surface area contributed by atoms with Crippen LogP contribution in [0.25, 0.3) is 0 Å². The fourth-order valence-electron chi connectivity index (χ4n) is 2.48. The Morgan fingerprint density at radius 3 is 2.70 bits per heavy atom. The van der Waals surface area contributed by atoms with E-state index in [4.69, 9.17) is 0 Å². The van der Waals surface area contributed by atoms with Gasteiger partial charge in [-0.15, -0.1) is 0 Å². The Balaban J connectivity index is 2.21. The number of hydrogen-bond acceptors (Lipinski definition) is 3. The van der Waals surface area contributed by atoms with Crippen LogP contribution in [0.2, 0.25) is 0 Å². The summed E-state index contributed by atoms with van der Waals surface area (Å²) in [7, 11) is -1.45. The average Bonchev–Trinajstić information content (AvgIpc) is 2.35. The van der Waals surface area contributed by atoms with Crippen molar-refractivity contribution in [2.24, 2.45) is 5.92 Å². The third-order valence-electron chi connectivity index (χ3n) is 3.60. The van der Waals surface area contributed by atoms with Crippen LogP contribution in [0.15, 0.2) is 32.0 Å². The zero-order chi connectivity index (χ0) is 14.9. The second-order valence-electron chi connectivity index (χ2n) is 5.33. The van der Waals surface area contributed by atoms with Gasteiger partial charge in [-0.3, -0.25) is 0 Å². The zero-order valence-corrected chi connectivity index (χ0v) is 15.4. The maximum atomic E-state index is 12.5. The molecule has 0 bridgehead atoms.